The minimum absolute atomic E-state index is 1.03. The Morgan fingerprint density at radius 1 is 0.245 bits per heavy atom. The Morgan fingerprint density at radius 2 is 0.453 bits per heavy atom. The molecular weight excluding hydrogens is 641 g/mol. The fraction of sp³-hybridized carbons (Fsp3) is 0.922. The van der Waals surface area contributed by atoms with E-state index >= 15 is 0 Å². The van der Waals surface area contributed by atoms with Gasteiger partial charge in [0.1, 0.15) is 5.82 Å². The second-order valence-electron chi connectivity index (χ2n) is 17.5. The first-order valence-electron chi connectivity index (χ1n) is 25.2. The molecular formula is C51H98N2. The van der Waals surface area contributed by atoms with Gasteiger partial charge in [-0.05, 0) is 38.2 Å². The molecule has 0 aliphatic rings. The van der Waals surface area contributed by atoms with Crippen molar-refractivity contribution in [3.05, 3.63) is 23.3 Å². The standard InChI is InChI=1S/C51H98N2/c1-4-7-9-11-13-15-17-19-21-23-25-27-29-31-33-35-37-39-41-43-46-49-48-50(53-51(52-49)45-6-3)47-44-42-40-38-36-34-32-30-28-26-24-22-20-18-16-14-12-10-8-5-2/h48H,4-47H2,1-3H3. The summed E-state index contributed by atoms with van der Waals surface area (Å²) in [4.78, 5) is 9.93. The van der Waals surface area contributed by atoms with E-state index in [1.165, 1.54) is 268 Å². The number of aryl methyl sites for hydroxylation is 3. The molecule has 0 saturated carbocycles. The van der Waals surface area contributed by atoms with Crippen LogP contribution in [0.1, 0.15) is 301 Å². The normalized spacial score (nSPS) is 11.6. The Balaban J connectivity index is 1.94. The smallest absolute Gasteiger partial charge is 0.128 e. The van der Waals surface area contributed by atoms with Crippen LogP contribution in [0.3, 0.4) is 0 Å². The van der Waals surface area contributed by atoms with E-state index in [9.17, 15) is 0 Å². The van der Waals surface area contributed by atoms with Gasteiger partial charge in [0.2, 0.25) is 0 Å². The predicted molar refractivity (Wildman–Crippen MR) is 239 cm³/mol. The van der Waals surface area contributed by atoms with Gasteiger partial charge in [0.05, 0.1) is 0 Å². The highest BCUT2D eigenvalue weighted by Gasteiger charge is 2.06. The maximum Gasteiger partial charge on any atom is 0.128 e. The van der Waals surface area contributed by atoms with Crippen LogP contribution in [0.5, 0.6) is 0 Å². The zero-order valence-electron chi connectivity index (χ0n) is 37.1. The molecule has 1 aromatic rings. The Hall–Kier alpha value is -0.920. The Bertz CT molecular complexity index is 771. The van der Waals surface area contributed by atoms with Gasteiger partial charge in [0.15, 0.2) is 0 Å². The maximum absolute atomic E-state index is 4.97. The summed E-state index contributed by atoms with van der Waals surface area (Å²) < 4.78 is 0. The van der Waals surface area contributed by atoms with Crippen LogP contribution in [0.4, 0.5) is 0 Å². The fourth-order valence-corrected chi connectivity index (χ4v) is 8.33. The van der Waals surface area contributed by atoms with E-state index in [1.807, 2.05) is 0 Å². The second-order valence-corrected chi connectivity index (χ2v) is 17.5. The zero-order chi connectivity index (χ0) is 38.0. The summed E-state index contributed by atoms with van der Waals surface area (Å²) in [6, 6.07) is 2.35. The Kier molecular flexibility index (Phi) is 39.9. The molecule has 0 unspecified atom stereocenters. The van der Waals surface area contributed by atoms with Crippen LogP contribution in [-0.2, 0) is 19.3 Å². The van der Waals surface area contributed by atoms with E-state index in [2.05, 4.69) is 26.8 Å². The molecule has 1 heterocycles. The van der Waals surface area contributed by atoms with E-state index in [-0.39, 0.29) is 0 Å². The molecule has 1 rings (SSSR count). The van der Waals surface area contributed by atoms with E-state index in [1.54, 1.807) is 0 Å². The third-order valence-electron chi connectivity index (χ3n) is 11.9. The first-order valence-corrected chi connectivity index (χ1v) is 25.2. The van der Waals surface area contributed by atoms with Gasteiger partial charge in [-0.3, -0.25) is 0 Å². The highest BCUT2D eigenvalue weighted by atomic mass is 14.9. The third kappa shape index (κ3) is 36.5. The number of rotatable bonds is 44. The molecule has 2 heteroatoms. The van der Waals surface area contributed by atoms with Crippen molar-refractivity contribution in [1.82, 2.24) is 9.97 Å². The van der Waals surface area contributed by atoms with Gasteiger partial charge in [-0.1, -0.05) is 265 Å². The maximum atomic E-state index is 4.97. The summed E-state index contributed by atoms with van der Waals surface area (Å²) in [7, 11) is 0. The highest BCUT2D eigenvalue weighted by Crippen LogP contribution is 2.18. The van der Waals surface area contributed by atoms with Crippen molar-refractivity contribution in [1.29, 1.82) is 0 Å². The van der Waals surface area contributed by atoms with E-state index in [4.69, 9.17) is 9.97 Å². The zero-order valence-corrected chi connectivity index (χ0v) is 37.1. The van der Waals surface area contributed by atoms with Crippen LogP contribution in [0.15, 0.2) is 6.07 Å². The van der Waals surface area contributed by atoms with Crippen LogP contribution in [0.25, 0.3) is 0 Å². The van der Waals surface area contributed by atoms with Crippen molar-refractivity contribution < 1.29 is 0 Å². The van der Waals surface area contributed by atoms with E-state index in [0.29, 0.717) is 0 Å². The lowest BCUT2D eigenvalue weighted by atomic mass is 10.0. The Morgan fingerprint density at radius 3 is 0.660 bits per heavy atom. The van der Waals surface area contributed by atoms with Crippen LogP contribution < -0.4 is 0 Å². The number of nitrogens with zero attached hydrogens (tertiary/aromatic N) is 2. The highest BCUT2D eigenvalue weighted by molar-refractivity contribution is 5.12. The lowest BCUT2D eigenvalue weighted by Gasteiger charge is -2.09. The van der Waals surface area contributed by atoms with E-state index in [0.717, 1.165) is 31.5 Å². The number of hydrogen-bond donors (Lipinski definition) is 0. The molecule has 0 atom stereocenters. The monoisotopic (exact) mass is 739 g/mol. The number of aromatic nitrogens is 2. The van der Waals surface area contributed by atoms with Crippen molar-refractivity contribution in [2.45, 2.75) is 303 Å². The van der Waals surface area contributed by atoms with Crippen LogP contribution in [-0.4, -0.2) is 9.97 Å². The number of unbranched alkanes of at least 4 members (excludes halogenated alkanes) is 38. The summed E-state index contributed by atoms with van der Waals surface area (Å²) in [5.41, 5.74) is 2.63. The van der Waals surface area contributed by atoms with Crippen molar-refractivity contribution in [2.75, 3.05) is 0 Å². The van der Waals surface area contributed by atoms with Crippen LogP contribution in [0, 0.1) is 0 Å². The summed E-state index contributed by atoms with van der Waals surface area (Å²) >= 11 is 0. The molecule has 0 amide bonds. The molecule has 0 bridgehead atoms. The van der Waals surface area contributed by atoms with Gasteiger partial charge in [0, 0.05) is 17.8 Å². The molecule has 312 valence electrons. The summed E-state index contributed by atoms with van der Waals surface area (Å²) in [5.74, 6) is 1.10. The molecule has 0 N–H and O–H groups in total. The van der Waals surface area contributed by atoms with Crippen LogP contribution >= 0.6 is 0 Å². The molecule has 0 spiro atoms. The van der Waals surface area contributed by atoms with Crippen molar-refractivity contribution in [3.8, 4) is 0 Å². The van der Waals surface area contributed by atoms with Crippen molar-refractivity contribution in [3.63, 3.8) is 0 Å². The first-order chi connectivity index (χ1) is 26.3. The van der Waals surface area contributed by atoms with Crippen molar-refractivity contribution >= 4 is 0 Å². The van der Waals surface area contributed by atoms with Gasteiger partial charge in [0.25, 0.3) is 0 Å². The van der Waals surface area contributed by atoms with Gasteiger partial charge in [-0.15, -0.1) is 0 Å². The lowest BCUT2D eigenvalue weighted by Crippen LogP contribution is -2.04. The van der Waals surface area contributed by atoms with Gasteiger partial charge in [-0.25, -0.2) is 9.97 Å². The lowest BCUT2D eigenvalue weighted by molar-refractivity contribution is 0.521. The molecule has 0 fully saturated rings. The molecule has 0 aromatic carbocycles. The molecule has 0 saturated heterocycles. The van der Waals surface area contributed by atoms with E-state index < -0.39 is 0 Å². The SMILES string of the molecule is CCCCCCCCCCCCCCCCCCCCCCc1cc(CCCCCCCCCCCCCCCCCCCCCC)nc(CCC)n1. The predicted octanol–water partition coefficient (Wildman–Crippen LogP) is 18.2. The van der Waals surface area contributed by atoms with Gasteiger partial charge < -0.3 is 0 Å². The second kappa shape index (κ2) is 42.2. The summed E-state index contributed by atoms with van der Waals surface area (Å²) in [5, 5.41) is 0. The molecule has 1 aromatic heterocycles. The average Bonchev–Trinajstić information content (AvgIpc) is 3.16. The van der Waals surface area contributed by atoms with Gasteiger partial charge >= 0.3 is 0 Å². The fourth-order valence-electron chi connectivity index (χ4n) is 8.33. The summed E-state index contributed by atoms with van der Waals surface area (Å²) in [6.45, 7) is 6.88. The molecule has 0 aliphatic carbocycles. The van der Waals surface area contributed by atoms with Crippen molar-refractivity contribution in [2.24, 2.45) is 0 Å². The van der Waals surface area contributed by atoms with Gasteiger partial charge in [-0.2, -0.15) is 0 Å². The quantitative estimate of drug-likeness (QED) is 0.0623. The molecule has 0 radical (unpaired) electrons. The minimum atomic E-state index is 1.03. The third-order valence-corrected chi connectivity index (χ3v) is 11.9. The summed E-state index contributed by atoms with van der Waals surface area (Å²) in [6.07, 6.45) is 62.1. The van der Waals surface area contributed by atoms with Crippen LogP contribution in [0.2, 0.25) is 0 Å². The Labute approximate surface area is 335 Å². The molecule has 0 aliphatic heterocycles. The minimum Gasteiger partial charge on any atom is -0.238 e. The average molecular weight is 739 g/mol. The molecule has 2 nitrogen and oxygen atoms in total. The number of hydrogen-bond acceptors (Lipinski definition) is 2. The molecule has 53 heavy (non-hydrogen) atoms. The first kappa shape index (κ1) is 50.1. The topological polar surface area (TPSA) is 25.8 Å². The largest absolute Gasteiger partial charge is 0.238 e.